The molecule has 0 saturated carbocycles. The number of methoxy groups -OCH3 is 1. The second kappa shape index (κ2) is 13.3. The van der Waals surface area contributed by atoms with Crippen LogP contribution in [0.4, 0.5) is 0 Å². The summed E-state index contributed by atoms with van der Waals surface area (Å²) >= 11 is 5.01. The van der Waals surface area contributed by atoms with Gasteiger partial charge in [-0.25, -0.2) is 0 Å². The van der Waals surface area contributed by atoms with Gasteiger partial charge < -0.3 is 20.1 Å². The molecular weight excluding hydrogens is 468 g/mol. The summed E-state index contributed by atoms with van der Waals surface area (Å²) in [6.07, 6.45) is 2.52. The number of hydrogen-bond acceptors (Lipinski definition) is 5. The molecule has 8 heteroatoms. The van der Waals surface area contributed by atoms with Crippen molar-refractivity contribution in [1.82, 2.24) is 10.6 Å². The van der Waals surface area contributed by atoms with E-state index in [1.807, 2.05) is 36.6 Å². The monoisotopic (exact) mass is 494 g/mol. The van der Waals surface area contributed by atoms with Gasteiger partial charge in [0.1, 0.15) is 18.4 Å². The zero-order chi connectivity index (χ0) is 21.8. The van der Waals surface area contributed by atoms with Gasteiger partial charge in [-0.15, -0.1) is 0 Å². The van der Waals surface area contributed by atoms with Gasteiger partial charge in [-0.05, 0) is 64.2 Å². The SMILES string of the molecule is COCCOc1cccc(CNC(=O)C(CCSC)NC(=O)c2ccccc2Br)c1. The van der Waals surface area contributed by atoms with Crippen LogP contribution in [0, 0.1) is 0 Å². The van der Waals surface area contributed by atoms with Crippen molar-refractivity contribution in [3.63, 3.8) is 0 Å². The number of carbonyl (C=O) groups is 2. The van der Waals surface area contributed by atoms with E-state index >= 15 is 0 Å². The summed E-state index contributed by atoms with van der Waals surface area (Å²) in [5.74, 6) is 0.990. The predicted octanol–water partition coefficient (Wildman–Crippen LogP) is 3.64. The van der Waals surface area contributed by atoms with Gasteiger partial charge >= 0.3 is 0 Å². The fourth-order valence-corrected chi connectivity index (χ4v) is 3.62. The van der Waals surface area contributed by atoms with Crippen molar-refractivity contribution in [2.45, 2.75) is 19.0 Å². The normalized spacial score (nSPS) is 11.6. The summed E-state index contributed by atoms with van der Waals surface area (Å²) in [5, 5.41) is 5.78. The number of carbonyl (C=O) groups excluding carboxylic acids is 2. The molecule has 0 bridgehead atoms. The fraction of sp³-hybridized carbons (Fsp3) is 0.364. The Bertz CT molecular complexity index is 834. The van der Waals surface area contributed by atoms with Gasteiger partial charge in [-0.1, -0.05) is 24.3 Å². The molecule has 2 aromatic rings. The van der Waals surface area contributed by atoms with Gasteiger partial charge in [0.05, 0.1) is 12.2 Å². The minimum absolute atomic E-state index is 0.213. The van der Waals surface area contributed by atoms with Crippen LogP contribution in [0.5, 0.6) is 5.75 Å². The van der Waals surface area contributed by atoms with Crippen molar-refractivity contribution >= 4 is 39.5 Å². The molecule has 2 amide bonds. The van der Waals surface area contributed by atoms with Crippen LogP contribution in [-0.4, -0.2) is 50.2 Å². The molecule has 1 unspecified atom stereocenters. The topological polar surface area (TPSA) is 76.7 Å². The summed E-state index contributed by atoms with van der Waals surface area (Å²) in [6, 6.07) is 14.1. The number of ether oxygens (including phenoxy) is 2. The molecule has 6 nitrogen and oxygen atoms in total. The van der Waals surface area contributed by atoms with Gasteiger partial charge in [0, 0.05) is 18.1 Å². The Morgan fingerprint density at radius 2 is 1.93 bits per heavy atom. The van der Waals surface area contributed by atoms with Crippen molar-refractivity contribution in [3.05, 3.63) is 64.1 Å². The molecule has 0 aliphatic heterocycles. The first kappa shape index (κ1) is 24.2. The highest BCUT2D eigenvalue weighted by molar-refractivity contribution is 9.10. The van der Waals surface area contributed by atoms with E-state index in [0.29, 0.717) is 36.2 Å². The van der Waals surface area contributed by atoms with Crippen LogP contribution < -0.4 is 15.4 Å². The van der Waals surface area contributed by atoms with Crippen molar-refractivity contribution < 1.29 is 19.1 Å². The van der Waals surface area contributed by atoms with Crippen LogP contribution in [0.15, 0.2) is 53.0 Å². The standard InChI is InChI=1S/C22H27BrN2O4S/c1-28-11-12-29-17-7-5-6-16(14-17)15-24-22(27)20(10-13-30-2)25-21(26)18-8-3-4-9-19(18)23/h3-9,14,20H,10-13,15H2,1-2H3,(H,24,27)(H,25,26). The molecule has 1 atom stereocenters. The number of benzene rings is 2. The quantitative estimate of drug-likeness (QED) is 0.440. The minimum Gasteiger partial charge on any atom is -0.491 e. The van der Waals surface area contributed by atoms with Crippen LogP contribution in [-0.2, 0) is 16.1 Å². The highest BCUT2D eigenvalue weighted by Gasteiger charge is 2.21. The van der Waals surface area contributed by atoms with Gasteiger partial charge in [0.15, 0.2) is 0 Å². The zero-order valence-corrected chi connectivity index (χ0v) is 19.6. The molecule has 162 valence electrons. The summed E-state index contributed by atoms with van der Waals surface area (Å²) < 4.78 is 11.3. The molecular formula is C22H27BrN2O4S. The number of hydrogen-bond donors (Lipinski definition) is 2. The van der Waals surface area contributed by atoms with E-state index in [-0.39, 0.29) is 11.8 Å². The summed E-state index contributed by atoms with van der Waals surface area (Å²) in [7, 11) is 1.62. The highest BCUT2D eigenvalue weighted by atomic mass is 79.9. The second-order valence-corrected chi connectivity index (χ2v) is 8.33. The van der Waals surface area contributed by atoms with Gasteiger partial charge in [0.25, 0.3) is 5.91 Å². The molecule has 0 aromatic heterocycles. The second-order valence-electron chi connectivity index (χ2n) is 6.49. The van der Waals surface area contributed by atoms with E-state index < -0.39 is 6.04 Å². The Labute approximate surface area is 190 Å². The number of thioether (sulfide) groups is 1. The van der Waals surface area contributed by atoms with Crippen molar-refractivity contribution in [3.8, 4) is 5.75 Å². The zero-order valence-electron chi connectivity index (χ0n) is 17.2. The summed E-state index contributed by atoms with van der Waals surface area (Å²) in [6.45, 7) is 1.32. The van der Waals surface area contributed by atoms with Crippen LogP contribution >= 0.6 is 27.7 Å². The average Bonchev–Trinajstić information content (AvgIpc) is 2.75. The smallest absolute Gasteiger partial charge is 0.253 e. The molecule has 2 N–H and O–H groups in total. The first-order valence-corrected chi connectivity index (χ1v) is 11.8. The minimum atomic E-state index is -0.613. The molecule has 0 fully saturated rings. The first-order chi connectivity index (χ1) is 14.5. The Balaban J connectivity index is 1.97. The van der Waals surface area contributed by atoms with Crippen LogP contribution in [0.25, 0.3) is 0 Å². The molecule has 30 heavy (non-hydrogen) atoms. The third-order valence-electron chi connectivity index (χ3n) is 4.27. The Kier molecular flexibility index (Phi) is 10.8. The fourth-order valence-electron chi connectivity index (χ4n) is 2.69. The summed E-state index contributed by atoms with van der Waals surface area (Å²) in [5.41, 5.74) is 1.42. The molecule has 2 rings (SSSR count). The predicted molar refractivity (Wildman–Crippen MR) is 124 cm³/mol. The maximum absolute atomic E-state index is 12.8. The summed E-state index contributed by atoms with van der Waals surface area (Å²) in [4.78, 5) is 25.4. The van der Waals surface area contributed by atoms with Crippen LogP contribution in [0.1, 0.15) is 22.3 Å². The lowest BCUT2D eigenvalue weighted by Gasteiger charge is -2.19. The van der Waals surface area contributed by atoms with E-state index in [1.54, 1.807) is 37.1 Å². The third-order valence-corrected chi connectivity index (χ3v) is 5.61. The van der Waals surface area contributed by atoms with E-state index in [9.17, 15) is 9.59 Å². The van der Waals surface area contributed by atoms with Crippen molar-refractivity contribution in [2.75, 3.05) is 32.3 Å². The van der Waals surface area contributed by atoms with Gasteiger partial charge in [-0.3, -0.25) is 9.59 Å². The molecule has 0 aliphatic carbocycles. The maximum atomic E-state index is 12.8. The van der Waals surface area contributed by atoms with Gasteiger partial charge in [-0.2, -0.15) is 11.8 Å². The van der Waals surface area contributed by atoms with E-state index in [0.717, 1.165) is 17.1 Å². The number of rotatable bonds is 12. The Hall–Kier alpha value is -2.03. The van der Waals surface area contributed by atoms with E-state index in [1.165, 1.54) is 0 Å². The molecule has 0 spiro atoms. The maximum Gasteiger partial charge on any atom is 0.253 e. The van der Waals surface area contributed by atoms with Gasteiger partial charge in [0.2, 0.25) is 5.91 Å². The first-order valence-electron chi connectivity index (χ1n) is 9.58. The Morgan fingerprint density at radius 3 is 2.67 bits per heavy atom. The van der Waals surface area contributed by atoms with Crippen LogP contribution in [0.3, 0.4) is 0 Å². The lowest BCUT2D eigenvalue weighted by atomic mass is 10.1. The molecule has 2 aromatic carbocycles. The molecule has 0 aliphatic rings. The number of halogens is 1. The van der Waals surface area contributed by atoms with Crippen molar-refractivity contribution in [1.29, 1.82) is 0 Å². The molecule has 0 heterocycles. The molecule has 0 radical (unpaired) electrons. The van der Waals surface area contributed by atoms with Crippen molar-refractivity contribution in [2.24, 2.45) is 0 Å². The lowest BCUT2D eigenvalue weighted by molar-refractivity contribution is -0.123. The number of nitrogens with one attached hydrogen (secondary N) is 2. The van der Waals surface area contributed by atoms with E-state index in [2.05, 4.69) is 26.6 Å². The third kappa shape index (κ3) is 8.01. The largest absolute Gasteiger partial charge is 0.491 e. The number of amides is 2. The molecule has 0 saturated heterocycles. The Morgan fingerprint density at radius 1 is 1.13 bits per heavy atom. The highest BCUT2D eigenvalue weighted by Crippen LogP contribution is 2.16. The van der Waals surface area contributed by atoms with Crippen LogP contribution in [0.2, 0.25) is 0 Å². The average molecular weight is 495 g/mol. The lowest BCUT2D eigenvalue weighted by Crippen LogP contribution is -2.47. The van der Waals surface area contributed by atoms with E-state index in [4.69, 9.17) is 9.47 Å².